The van der Waals surface area contributed by atoms with Gasteiger partial charge in [0.25, 0.3) is 0 Å². The van der Waals surface area contributed by atoms with Crippen LogP contribution in [0, 0.1) is 6.92 Å². The highest BCUT2D eigenvalue weighted by Crippen LogP contribution is 2.37. The second kappa shape index (κ2) is 5.06. The molecule has 0 aromatic heterocycles. The van der Waals surface area contributed by atoms with E-state index in [9.17, 15) is 13.2 Å². The second-order valence-corrected chi connectivity index (χ2v) is 5.00. The lowest BCUT2D eigenvalue weighted by molar-refractivity contribution is -0.137. The molecule has 19 heavy (non-hydrogen) atoms. The average molecular weight is 305 g/mol. The summed E-state index contributed by atoms with van der Waals surface area (Å²) in [6.07, 6.45) is -4.44. The monoisotopic (exact) mass is 304 g/mol. The summed E-state index contributed by atoms with van der Waals surface area (Å²) in [4.78, 5) is 0. The summed E-state index contributed by atoms with van der Waals surface area (Å²) in [6, 6.07) is 8.60. The third-order valence-electron chi connectivity index (χ3n) is 2.74. The Hall–Kier alpha value is -1.19. The Balaban J connectivity index is 2.67. The van der Waals surface area contributed by atoms with E-state index in [1.54, 1.807) is 25.1 Å². The molecule has 0 saturated carbocycles. The molecule has 0 fully saturated rings. The fourth-order valence-electron chi connectivity index (χ4n) is 1.90. The molecule has 0 nitrogen and oxygen atoms in total. The lowest BCUT2D eigenvalue weighted by Crippen LogP contribution is -2.05. The molecule has 0 saturated heterocycles. The van der Waals surface area contributed by atoms with Crippen molar-refractivity contribution in [1.82, 2.24) is 0 Å². The molecule has 0 N–H and O–H groups in total. The molecule has 100 valence electrons. The average Bonchev–Trinajstić information content (AvgIpc) is 2.26. The first kappa shape index (κ1) is 14.2. The molecule has 0 bridgehead atoms. The van der Waals surface area contributed by atoms with Crippen molar-refractivity contribution in [3.63, 3.8) is 0 Å². The normalized spacial score (nSPS) is 11.7. The van der Waals surface area contributed by atoms with E-state index in [0.29, 0.717) is 16.1 Å². The maximum Gasteiger partial charge on any atom is 0.416 e. The Morgan fingerprint density at radius 1 is 1.00 bits per heavy atom. The Kier molecular flexibility index (Phi) is 3.79. The number of alkyl halides is 3. The topological polar surface area (TPSA) is 0 Å². The quantitative estimate of drug-likeness (QED) is 0.607. The van der Waals surface area contributed by atoms with Gasteiger partial charge in [-0.25, -0.2) is 0 Å². The van der Waals surface area contributed by atoms with Gasteiger partial charge < -0.3 is 0 Å². The fraction of sp³-hybridized carbons (Fsp3) is 0.143. The zero-order chi connectivity index (χ0) is 14.2. The second-order valence-electron chi connectivity index (χ2n) is 4.16. The van der Waals surface area contributed by atoms with Gasteiger partial charge in [-0.3, -0.25) is 0 Å². The van der Waals surface area contributed by atoms with E-state index in [1.165, 1.54) is 6.07 Å². The van der Waals surface area contributed by atoms with Crippen molar-refractivity contribution in [1.29, 1.82) is 0 Å². The molecule has 0 amide bonds. The molecular formula is C14H9Cl2F3. The summed E-state index contributed by atoms with van der Waals surface area (Å²) in [5.74, 6) is 0. The Bertz CT molecular complexity index is 598. The van der Waals surface area contributed by atoms with Gasteiger partial charge in [-0.15, -0.1) is 0 Å². The van der Waals surface area contributed by atoms with Crippen LogP contribution in [0.5, 0.6) is 0 Å². The highest BCUT2D eigenvalue weighted by molar-refractivity contribution is 6.34. The summed E-state index contributed by atoms with van der Waals surface area (Å²) in [5, 5.41) is 0.430. The van der Waals surface area contributed by atoms with Gasteiger partial charge in [-0.1, -0.05) is 35.3 Å². The van der Waals surface area contributed by atoms with Crippen LogP contribution in [0.2, 0.25) is 10.0 Å². The number of hydrogen-bond donors (Lipinski definition) is 0. The predicted octanol–water partition coefficient (Wildman–Crippen LogP) is 5.99. The van der Waals surface area contributed by atoms with Crippen LogP contribution in [0.1, 0.15) is 11.1 Å². The van der Waals surface area contributed by atoms with E-state index in [1.807, 2.05) is 0 Å². The molecule has 2 aromatic carbocycles. The first-order chi connectivity index (χ1) is 8.79. The molecule has 0 aliphatic heterocycles. The van der Waals surface area contributed by atoms with E-state index >= 15 is 0 Å². The van der Waals surface area contributed by atoms with E-state index in [0.717, 1.165) is 17.7 Å². The van der Waals surface area contributed by atoms with Gasteiger partial charge in [0.1, 0.15) is 0 Å². The first-order valence-corrected chi connectivity index (χ1v) is 6.18. The van der Waals surface area contributed by atoms with Gasteiger partial charge in [0.05, 0.1) is 5.56 Å². The Morgan fingerprint density at radius 2 is 1.68 bits per heavy atom. The van der Waals surface area contributed by atoms with Crippen LogP contribution >= 0.6 is 23.2 Å². The molecule has 0 atom stereocenters. The minimum Gasteiger partial charge on any atom is -0.166 e. The van der Waals surface area contributed by atoms with Gasteiger partial charge in [0.2, 0.25) is 0 Å². The Morgan fingerprint density at radius 3 is 2.26 bits per heavy atom. The largest absolute Gasteiger partial charge is 0.416 e. The molecule has 0 spiro atoms. The number of hydrogen-bond acceptors (Lipinski definition) is 0. The summed E-state index contributed by atoms with van der Waals surface area (Å²) >= 11 is 11.8. The van der Waals surface area contributed by atoms with E-state index in [2.05, 4.69) is 0 Å². The molecule has 0 aliphatic rings. The van der Waals surface area contributed by atoms with Crippen LogP contribution in [0.4, 0.5) is 13.2 Å². The highest BCUT2D eigenvalue weighted by Gasteiger charge is 2.31. The number of halogens is 5. The zero-order valence-corrected chi connectivity index (χ0v) is 11.4. The van der Waals surface area contributed by atoms with Crippen LogP contribution in [0.3, 0.4) is 0 Å². The van der Waals surface area contributed by atoms with Crippen LogP contribution in [-0.4, -0.2) is 0 Å². The van der Waals surface area contributed by atoms with Crippen molar-refractivity contribution in [3.8, 4) is 11.1 Å². The summed E-state index contributed by atoms with van der Waals surface area (Å²) < 4.78 is 38.3. The molecular weight excluding hydrogens is 296 g/mol. The van der Waals surface area contributed by atoms with Crippen LogP contribution in [0.25, 0.3) is 11.1 Å². The molecule has 5 heteroatoms. The van der Waals surface area contributed by atoms with Crippen molar-refractivity contribution < 1.29 is 13.2 Å². The van der Waals surface area contributed by atoms with Crippen LogP contribution in [0.15, 0.2) is 36.4 Å². The maximum absolute atomic E-state index is 12.8. The summed E-state index contributed by atoms with van der Waals surface area (Å²) in [6.45, 7) is 1.79. The van der Waals surface area contributed by atoms with Crippen molar-refractivity contribution in [2.45, 2.75) is 13.1 Å². The molecule has 2 aromatic rings. The number of aryl methyl sites for hydroxylation is 1. The first-order valence-electron chi connectivity index (χ1n) is 5.42. The molecule has 0 unspecified atom stereocenters. The molecule has 0 aliphatic carbocycles. The zero-order valence-electron chi connectivity index (χ0n) is 9.85. The maximum atomic E-state index is 12.8. The minimum absolute atomic E-state index is 0.0316. The van der Waals surface area contributed by atoms with Crippen LogP contribution in [-0.2, 0) is 6.18 Å². The Labute approximate surface area is 118 Å². The van der Waals surface area contributed by atoms with Gasteiger partial charge in [0, 0.05) is 15.6 Å². The van der Waals surface area contributed by atoms with Crippen LogP contribution < -0.4 is 0 Å². The van der Waals surface area contributed by atoms with Crippen molar-refractivity contribution in [2.75, 3.05) is 0 Å². The number of rotatable bonds is 1. The molecule has 2 rings (SSSR count). The fourth-order valence-corrected chi connectivity index (χ4v) is 2.46. The van der Waals surface area contributed by atoms with Gasteiger partial charge in [-0.05, 0) is 42.3 Å². The van der Waals surface area contributed by atoms with Gasteiger partial charge in [0.15, 0.2) is 0 Å². The third kappa shape index (κ3) is 3.04. The van der Waals surface area contributed by atoms with Gasteiger partial charge in [-0.2, -0.15) is 13.2 Å². The molecule has 0 heterocycles. The van der Waals surface area contributed by atoms with Crippen molar-refractivity contribution in [3.05, 3.63) is 57.6 Å². The minimum atomic E-state index is -4.44. The van der Waals surface area contributed by atoms with Crippen molar-refractivity contribution in [2.24, 2.45) is 0 Å². The SMILES string of the molecule is Cc1cccc(Cl)c1-c1cc(Cl)cc(C(F)(F)F)c1. The van der Waals surface area contributed by atoms with Gasteiger partial charge >= 0.3 is 6.18 Å². The molecule has 0 radical (unpaired) electrons. The summed E-state index contributed by atoms with van der Waals surface area (Å²) in [5.41, 5.74) is 0.942. The van der Waals surface area contributed by atoms with E-state index in [4.69, 9.17) is 23.2 Å². The van der Waals surface area contributed by atoms with E-state index < -0.39 is 11.7 Å². The number of benzene rings is 2. The standard InChI is InChI=1S/C14H9Cl2F3/c1-8-3-2-4-12(16)13(8)9-5-10(14(17,18)19)7-11(15)6-9/h2-7H,1H3. The lowest BCUT2D eigenvalue weighted by atomic mass is 9.98. The van der Waals surface area contributed by atoms with E-state index in [-0.39, 0.29) is 5.02 Å². The predicted molar refractivity (Wildman–Crippen MR) is 71.6 cm³/mol. The third-order valence-corrected chi connectivity index (χ3v) is 3.27. The highest BCUT2D eigenvalue weighted by atomic mass is 35.5. The summed E-state index contributed by atoms with van der Waals surface area (Å²) in [7, 11) is 0. The smallest absolute Gasteiger partial charge is 0.166 e. The van der Waals surface area contributed by atoms with Crippen molar-refractivity contribution >= 4 is 23.2 Å². The lowest BCUT2D eigenvalue weighted by Gasteiger charge is -2.13.